The van der Waals surface area contributed by atoms with Crippen LogP contribution in [0, 0.1) is 11.8 Å². The summed E-state index contributed by atoms with van der Waals surface area (Å²) in [6.07, 6.45) is 2.16. The Morgan fingerprint density at radius 2 is 1.98 bits per heavy atom. The lowest BCUT2D eigenvalue weighted by Gasteiger charge is -2.34. The van der Waals surface area contributed by atoms with Crippen LogP contribution in [0.2, 0.25) is 0 Å². The Balaban J connectivity index is 1.48. The van der Waals surface area contributed by atoms with Crippen LogP contribution in [0.4, 0.5) is 10.7 Å². The van der Waals surface area contributed by atoms with Gasteiger partial charge in [-0.3, -0.25) is 18.5 Å². The Bertz CT molecular complexity index is 1680. The second-order valence-electron chi connectivity index (χ2n) is 12.2. The number of hydrogen-bond donors (Lipinski definition) is 2. The lowest BCUT2D eigenvalue weighted by molar-refractivity contribution is 0.0499. The van der Waals surface area contributed by atoms with E-state index in [1.165, 1.54) is 4.57 Å². The molecule has 2 aromatic heterocycles. The van der Waals surface area contributed by atoms with E-state index in [0.717, 1.165) is 30.3 Å². The number of benzene rings is 1. The molecule has 3 heterocycles. The Hall–Kier alpha value is -4.24. The molecule has 1 unspecified atom stereocenters. The first-order valence-corrected chi connectivity index (χ1v) is 14.7. The van der Waals surface area contributed by atoms with Crippen molar-refractivity contribution in [3.05, 3.63) is 50.7 Å². The molecule has 2 aliphatic rings. The van der Waals surface area contributed by atoms with Crippen LogP contribution in [-0.4, -0.2) is 60.7 Å². The largest absolute Gasteiger partial charge is 0.490 e. The van der Waals surface area contributed by atoms with Crippen molar-refractivity contribution in [1.29, 1.82) is 0 Å². The van der Waals surface area contributed by atoms with Gasteiger partial charge in [0.05, 0.1) is 25.3 Å². The van der Waals surface area contributed by atoms with Gasteiger partial charge in [-0.15, -0.1) is 5.92 Å². The van der Waals surface area contributed by atoms with Gasteiger partial charge in [-0.25, -0.2) is 9.59 Å². The number of aliphatic hydroxyl groups excluding tert-OH is 1. The van der Waals surface area contributed by atoms with Crippen LogP contribution in [0.1, 0.15) is 65.0 Å². The molecule has 12 nitrogen and oxygen atoms in total. The van der Waals surface area contributed by atoms with Crippen LogP contribution in [-0.2, 0) is 24.9 Å². The summed E-state index contributed by atoms with van der Waals surface area (Å²) in [7, 11) is 1.56. The van der Waals surface area contributed by atoms with Crippen molar-refractivity contribution < 1.29 is 19.4 Å². The van der Waals surface area contributed by atoms with Gasteiger partial charge in [0, 0.05) is 26.2 Å². The molecule has 1 saturated heterocycles. The second kappa shape index (κ2) is 12.2. The molecule has 1 aliphatic heterocycles. The van der Waals surface area contributed by atoms with Crippen LogP contribution < -0.4 is 26.2 Å². The van der Waals surface area contributed by atoms with E-state index in [-0.39, 0.29) is 36.4 Å². The summed E-state index contributed by atoms with van der Waals surface area (Å²) < 4.78 is 15.4. The van der Waals surface area contributed by atoms with Gasteiger partial charge in [0.2, 0.25) is 5.95 Å². The monoisotopic (exact) mass is 592 g/mol. The highest BCUT2D eigenvalue weighted by atomic mass is 16.6. The van der Waals surface area contributed by atoms with E-state index in [2.05, 4.69) is 17.2 Å². The van der Waals surface area contributed by atoms with Crippen molar-refractivity contribution >= 4 is 23.2 Å². The third-order valence-corrected chi connectivity index (χ3v) is 7.48. The number of aromatic nitrogens is 4. The zero-order valence-corrected chi connectivity index (χ0v) is 25.4. The van der Waals surface area contributed by atoms with Crippen molar-refractivity contribution in [3.63, 3.8) is 0 Å². The summed E-state index contributed by atoms with van der Waals surface area (Å²) in [5.41, 5.74) is -0.746. The smallest absolute Gasteiger partial charge is 0.407 e. The highest BCUT2D eigenvalue weighted by Gasteiger charge is 2.29. The number of hydrogen-bond acceptors (Lipinski definition) is 8. The molecule has 3 aromatic rings. The van der Waals surface area contributed by atoms with Crippen LogP contribution in [0.15, 0.2) is 33.9 Å². The normalized spacial score (nSPS) is 17.7. The molecule has 1 aromatic carbocycles. The number of aryl methyl sites for hydroxylation is 1. The Morgan fingerprint density at radius 1 is 1.21 bits per heavy atom. The lowest BCUT2D eigenvalue weighted by Crippen LogP contribution is -2.49. The quantitative estimate of drug-likeness (QED) is 0.382. The maximum atomic E-state index is 13.9. The fourth-order valence-electron chi connectivity index (χ4n) is 5.27. The third kappa shape index (κ3) is 6.88. The lowest BCUT2D eigenvalue weighted by atomic mass is 10.1. The van der Waals surface area contributed by atoms with E-state index in [4.69, 9.17) is 14.5 Å². The third-order valence-electron chi connectivity index (χ3n) is 7.48. The standard InChI is InChI=1S/C31H40N6O6/c1-6-7-16-36-25-26(33-28(36)35-15-9-11-21(18-35)32-29(40)43-31(2,3)4)34(5)30(41)37(27(25)39)19-24(38)20-10-8-12-23(17-20)42-22-13-14-22/h8,10,12,17,21-22,24,38H,9,11,13-16,18-19H2,1-5H3,(H,32,40)/t21-,24?/m1/s1. The molecule has 1 saturated carbocycles. The number of alkyl carbamates (subject to hydrolysis) is 1. The molecular weight excluding hydrogens is 552 g/mol. The Morgan fingerprint density at radius 3 is 2.67 bits per heavy atom. The van der Waals surface area contributed by atoms with E-state index in [1.54, 1.807) is 36.7 Å². The molecule has 1 amide bonds. The number of aliphatic hydroxyl groups is 1. The minimum absolute atomic E-state index is 0.180. The zero-order valence-electron chi connectivity index (χ0n) is 25.4. The van der Waals surface area contributed by atoms with Gasteiger partial charge in [0.1, 0.15) is 11.4 Å². The Labute approximate surface area is 250 Å². The molecule has 0 spiro atoms. The molecule has 12 heteroatoms. The van der Waals surface area contributed by atoms with Crippen LogP contribution in [0.3, 0.4) is 0 Å². The fourth-order valence-corrected chi connectivity index (χ4v) is 5.27. The predicted octanol–water partition coefficient (Wildman–Crippen LogP) is 2.69. The van der Waals surface area contributed by atoms with Crippen molar-refractivity contribution in [2.75, 3.05) is 18.0 Å². The van der Waals surface area contributed by atoms with Crippen molar-refractivity contribution in [2.24, 2.45) is 7.05 Å². The number of rotatable bonds is 8. The molecule has 1 aliphatic carbocycles. The summed E-state index contributed by atoms with van der Waals surface area (Å²) in [6, 6.07) is 6.91. The summed E-state index contributed by atoms with van der Waals surface area (Å²) >= 11 is 0. The topological polar surface area (TPSA) is 133 Å². The summed E-state index contributed by atoms with van der Waals surface area (Å²) in [6.45, 7) is 8.19. The number of carbonyl (C=O) groups is 1. The minimum Gasteiger partial charge on any atom is -0.490 e. The molecular formula is C31H40N6O6. The van der Waals surface area contributed by atoms with Gasteiger partial charge >= 0.3 is 11.8 Å². The van der Waals surface area contributed by atoms with Gasteiger partial charge in [0.25, 0.3) is 5.56 Å². The molecule has 0 bridgehead atoms. The highest BCUT2D eigenvalue weighted by Crippen LogP contribution is 2.29. The number of nitrogens with zero attached hydrogens (tertiary/aromatic N) is 5. The van der Waals surface area contributed by atoms with Crippen LogP contribution >= 0.6 is 0 Å². The van der Waals surface area contributed by atoms with Crippen molar-refractivity contribution in [1.82, 2.24) is 24.0 Å². The number of carbonyl (C=O) groups excluding carboxylic acids is 1. The first-order chi connectivity index (χ1) is 20.4. The average molecular weight is 593 g/mol. The van der Waals surface area contributed by atoms with E-state index in [0.29, 0.717) is 30.4 Å². The van der Waals surface area contributed by atoms with Crippen LogP contribution in [0.5, 0.6) is 5.75 Å². The van der Waals surface area contributed by atoms with E-state index in [1.807, 2.05) is 31.7 Å². The average Bonchev–Trinajstić information content (AvgIpc) is 3.68. The van der Waals surface area contributed by atoms with Crippen molar-refractivity contribution in [3.8, 4) is 17.6 Å². The summed E-state index contributed by atoms with van der Waals surface area (Å²) in [4.78, 5) is 46.5. The number of nitrogens with one attached hydrogen (secondary N) is 1. The van der Waals surface area contributed by atoms with Crippen molar-refractivity contribution in [2.45, 2.75) is 90.3 Å². The zero-order chi connectivity index (χ0) is 30.9. The number of anilines is 1. The highest BCUT2D eigenvalue weighted by molar-refractivity contribution is 5.75. The molecule has 43 heavy (non-hydrogen) atoms. The molecule has 2 atom stereocenters. The number of amides is 1. The molecule has 2 N–H and O–H groups in total. The van der Waals surface area contributed by atoms with Gasteiger partial charge in [-0.05, 0) is 71.1 Å². The number of imidazole rings is 1. The molecule has 5 rings (SSSR count). The first kappa shape index (κ1) is 30.2. The van der Waals surface area contributed by atoms with Gasteiger partial charge in [-0.2, -0.15) is 4.98 Å². The maximum absolute atomic E-state index is 13.9. The second-order valence-corrected chi connectivity index (χ2v) is 12.2. The van der Waals surface area contributed by atoms with E-state index in [9.17, 15) is 19.5 Å². The number of piperidine rings is 1. The first-order valence-electron chi connectivity index (χ1n) is 14.7. The molecule has 2 fully saturated rings. The van der Waals surface area contributed by atoms with E-state index >= 15 is 0 Å². The van der Waals surface area contributed by atoms with Crippen LogP contribution in [0.25, 0.3) is 11.2 Å². The minimum atomic E-state index is -1.11. The molecule has 230 valence electrons. The van der Waals surface area contributed by atoms with Gasteiger partial charge in [-0.1, -0.05) is 18.1 Å². The van der Waals surface area contributed by atoms with E-state index < -0.39 is 29.0 Å². The summed E-state index contributed by atoms with van der Waals surface area (Å²) in [5, 5.41) is 14.0. The maximum Gasteiger partial charge on any atom is 0.407 e. The molecule has 0 radical (unpaired) electrons. The predicted molar refractivity (Wildman–Crippen MR) is 162 cm³/mol. The number of ether oxygens (including phenoxy) is 2. The fraction of sp³-hybridized carbons (Fsp3) is 0.548. The Kier molecular flexibility index (Phi) is 8.55. The van der Waals surface area contributed by atoms with Gasteiger partial charge in [0.15, 0.2) is 11.2 Å². The summed E-state index contributed by atoms with van der Waals surface area (Å²) in [5.74, 6) is 7.04. The number of fused-ring (bicyclic) bond motifs is 1. The SMILES string of the molecule is CC#CCn1c(N2CCC[C@@H](NC(=O)OC(C)(C)C)C2)nc2c1c(=O)n(CC(O)c1cccc(OC3CC3)c1)c(=O)n2C. The van der Waals surface area contributed by atoms with Gasteiger partial charge < -0.3 is 24.8 Å².